The normalized spacial score (nSPS) is 14.3. The summed E-state index contributed by atoms with van der Waals surface area (Å²) in [5.41, 5.74) is 2.42. The monoisotopic (exact) mass is 541 g/mol. The summed E-state index contributed by atoms with van der Waals surface area (Å²) in [6.07, 6.45) is 0.654. The van der Waals surface area contributed by atoms with Crippen LogP contribution in [0.1, 0.15) is 27.5 Å². The van der Waals surface area contributed by atoms with Crippen LogP contribution in [0.3, 0.4) is 0 Å². The summed E-state index contributed by atoms with van der Waals surface area (Å²) in [6, 6.07) is 24.0. The van der Waals surface area contributed by atoms with Crippen molar-refractivity contribution in [3.8, 4) is 23.0 Å². The van der Waals surface area contributed by atoms with Crippen LogP contribution in [0.4, 0.5) is 0 Å². The van der Waals surface area contributed by atoms with Crippen molar-refractivity contribution in [3.63, 3.8) is 0 Å². The number of amides is 1. The summed E-state index contributed by atoms with van der Waals surface area (Å²) in [7, 11) is 4.53. The van der Waals surface area contributed by atoms with Crippen LogP contribution in [-0.4, -0.2) is 57.9 Å². The van der Waals surface area contributed by atoms with Gasteiger partial charge in [-0.1, -0.05) is 30.3 Å². The van der Waals surface area contributed by atoms with Crippen molar-refractivity contribution in [3.05, 3.63) is 95.6 Å². The molecule has 4 aromatic carbocycles. The molecule has 40 heavy (non-hydrogen) atoms. The van der Waals surface area contributed by atoms with Crippen LogP contribution >= 0.6 is 0 Å². The molecule has 1 aliphatic heterocycles. The van der Waals surface area contributed by atoms with Crippen LogP contribution in [-0.2, 0) is 16.0 Å². The van der Waals surface area contributed by atoms with E-state index in [2.05, 4.69) is 0 Å². The van der Waals surface area contributed by atoms with Gasteiger partial charge in [0.05, 0.1) is 32.9 Å². The van der Waals surface area contributed by atoms with E-state index in [1.54, 1.807) is 43.4 Å². The van der Waals surface area contributed by atoms with Gasteiger partial charge in [-0.15, -0.1) is 0 Å². The molecule has 0 spiro atoms. The van der Waals surface area contributed by atoms with E-state index in [1.165, 1.54) is 7.11 Å². The Morgan fingerprint density at radius 3 is 2.23 bits per heavy atom. The van der Waals surface area contributed by atoms with E-state index >= 15 is 0 Å². The predicted octanol–water partition coefficient (Wildman–Crippen LogP) is 5.23. The van der Waals surface area contributed by atoms with Crippen LogP contribution in [0, 0.1) is 0 Å². The SMILES string of the molecule is COC(=O)c1ccc(OCC2c3cc(OC)c(OC)cc3CCN2C(=O)COc2ccc3ccccc3c2)cc1. The van der Waals surface area contributed by atoms with Crippen LogP contribution < -0.4 is 18.9 Å². The molecule has 206 valence electrons. The molecule has 8 heteroatoms. The number of fused-ring (bicyclic) bond motifs is 2. The predicted molar refractivity (Wildman–Crippen MR) is 150 cm³/mol. The topological polar surface area (TPSA) is 83.5 Å². The number of esters is 1. The van der Waals surface area contributed by atoms with E-state index < -0.39 is 12.0 Å². The Morgan fingerprint density at radius 2 is 1.50 bits per heavy atom. The number of rotatable bonds is 9. The van der Waals surface area contributed by atoms with Crippen molar-refractivity contribution in [2.75, 3.05) is 41.1 Å². The minimum absolute atomic E-state index is 0.106. The molecule has 0 fully saturated rings. The molecule has 0 aliphatic carbocycles. The molecule has 8 nitrogen and oxygen atoms in total. The minimum Gasteiger partial charge on any atom is -0.493 e. The van der Waals surface area contributed by atoms with Gasteiger partial charge in [-0.05, 0) is 76.9 Å². The second-order valence-electron chi connectivity index (χ2n) is 9.38. The van der Waals surface area contributed by atoms with Gasteiger partial charge in [-0.2, -0.15) is 0 Å². The van der Waals surface area contributed by atoms with E-state index in [0.717, 1.165) is 21.9 Å². The molecule has 1 heterocycles. The average molecular weight is 542 g/mol. The van der Waals surface area contributed by atoms with Gasteiger partial charge in [0.2, 0.25) is 0 Å². The van der Waals surface area contributed by atoms with Crippen LogP contribution in [0.2, 0.25) is 0 Å². The van der Waals surface area contributed by atoms with Crippen LogP contribution in [0.15, 0.2) is 78.9 Å². The standard InChI is InChI=1S/C32H31NO7/c1-36-29-17-24-14-15-33(31(34)20-40-26-13-8-21-6-4-5-7-23(21)16-26)28(27(24)18-30(29)37-2)19-39-25-11-9-22(10-12-25)32(35)38-3/h4-13,16-18,28H,14-15,19-20H2,1-3H3. The highest BCUT2D eigenvalue weighted by Gasteiger charge is 2.33. The van der Waals surface area contributed by atoms with Gasteiger partial charge in [0.25, 0.3) is 5.91 Å². The molecule has 0 N–H and O–H groups in total. The van der Waals surface area contributed by atoms with Crippen LogP contribution in [0.5, 0.6) is 23.0 Å². The summed E-state index contributed by atoms with van der Waals surface area (Å²) in [5.74, 6) is 1.85. The summed E-state index contributed by atoms with van der Waals surface area (Å²) < 4.78 is 27.9. The van der Waals surface area contributed by atoms with Crippen molar-refractivity contribution in [2.45, 2.75) is 12.5 Å². The van der Waals surface area contributed by atoms with Crippen LogP contribution in [0.25, 0.3) is 10.8 Å². The Bertz CT molecular complexity index is 1520. The Kier molecular flexibility index (Phi) is 8.05. The largest absolute Gasteiger partial charge is 0.493 e. The zero-order chi connectivity index (χ0) is 28.1. The van der Waals surface area contributed by atoms with Gasteiger partial charge < -0.3 is 28.6 Å². The van der Waals surface area contributed by atoms with E-state index in [-0.39, 0.29) is 19.1 Å². The first kappa shape index (κ1) is 26.9. The lowest BCUT2D eigenvalue weighted by Crippen LogP contribution is -2.44. The summed E-state index contributed by atoms with van der Waals surface area (Å²) in [4.78, 5) is 27.1. The highest BCUT2D eigenvalue weighted by molar-refractivity contribution is 5.89. The first-order valence-electron chi connectivity index (χ1n) is 13.0. The van der Waals surface area contributed by atoms with Crippen molar-refractivity contribution in [2.24, 2.45) is 0 Å². The number of hydrogen-bond acceptors (Lipinski definition) is 7. The smallest absolute Gasteiger partial charge is 0.337 e. The second-order valence-corrected chi connectivity index (χ2v) is 9.38. The quantitative estimate of drug-likeness (QED) is 0.269. The third kappa shape index (κ3) is 5.66. The third-order valence-corrected chi connectivity index (χ3v) is 7.09. The Balaban J connectivity index is 1.37. The summed E-state index contributed by atoms with van der Waals surface area (Å²) in [5, 5.41) is 2.15. The first-order chi connectivity index (χ1) is 19.5. The fourth-order valence-electron chi connectivity index (χ4n) is 4.97. The fraction of sp³-hybridized carbons (Fsp3) is 0.250. The van der Waals surface area contributed by atoms with Gasteiger partial charge in [-0.3, -0.25) is 4.79 Å². The molecule has 1 amide bonds. The molecule has 1 unspecified atom stereocenters. The van der Waals surface area contributed by atoms with Gasteiger partial charge in [-0.25, -0.2) is 4.79 Å². The lowest BCUT2D eigenvalue weighted by Gasteiger charge is -2.37. The van der Waals surface area contributed by atoms with E-state index in [1.807, 2.05) is 54.6 Å². The summed E-state index contributed by atoms with van der Waals surface area (Å²) in [6.45, 7) is 0.588. The highest BCUT2D eigenvalue weighted by atomic mass is 16.5. The van der Waals surface area contributed by atoms with E-state index in [0.29, 0.717) is 41.5 Å². The Hall–Kier alpha value is -4.72. The van der Waals surface area contributed by atoms with Gasteiger partial charge >= 0.3 is 5.97 Å². The molecule has 0 saturated heterocycles. The number of nitrogens with zero attached hydrogens (tertiary/aromatic N) is 1. The van der Waals surface area contributed by atoms with Crippen molar-refractivity contribution < 1.29 is 33.3 Å². The molecule has 1 atom stereocenters. The summed E-state index contributed by atoms with van der Waals surface area (Å²) >= 11 is 0. The minimum atomic E-state index is -0.419. The van der Waals surface area contributed by atoms with E-state index in [4.69, 9.17) is 23.7 Å². The number of methoxy groups -OCH3 is 3. The number of ether oxygens (including phenoxy) is 5. The lowest BCUT2D eigenvalue weighted by molar-refractivity contribution is -0.137. The zero-order valence-corrected chi connectivity index (χ0v) is 22.7. The number of hydrogen-bond donors (Lipinski definition) is 0. The molecule has 0 bridgehead atoms. The average Bonchev–Trinajstić information content (AvgIpc) is 3.01. The van der Waals surface area contributed by atoms with E-state index in [9.17, 15) is 9.59 Å². The Morgan fingerprint density at radius 1 is 0.800 bits per heavy atom. The molecule has 1 aliphatic rings. The Labute approximate surface area is 233 Å². The maximum Gasteiger partial charge on any atom is 0.337 e. The third-order valence-electron chi connectivity index (χ3n) is 7.09. The molecule has 0 radical (unpaired) electrons. The van der Waals surface area contributed by atoms with Gasteiger partial charge in [0, 0.05) is 6.54 Å². The number of carbonyl (C=O) groups excluding carboxylic acids is 2. The first-order valence-corrected chi connectivity index (χ1v) is 13.0. The van der Waals surface area contributed by atoms with Gasteiger partial charge in [0.15, 0.2) is 18.1 Å². The zero-order valence-electron chi connectivity index (χ0n) is 22.7. The molecule has 5 rings (SSSR count). The van der Waals surface area contributed by atoms with Crippen molar-refractivity contribution in [1.29, 1.82) is 0 Å². The maximum atomic E-state index is 13.5. The van der Waals surface area contributed by atoms with Gasteiger partial charge in [0.1, 0.15) is 18.1 Å². The fourth-order valence-corrected chi connectivity index (χ4v) is 4.97. The molecular weight excluding hydrogens is 510 g/mol. The second kappa shape index (κ2) is 12.0. The number of benzene rings is 4. The van der Waals surface area contributed by atoms with Crippen molar-refractivity contribution in [1.82, 2.24) is 4.90 Å². The molecule has 4 aromatic rings. The van der Waals surface area contributed by atoms with Crippen molar-refractivity contribution >= 4 is 22.6 Å². The molecular formula is C32H31NO7. The molecule has 0 aromatic heterocycles. The highest BCUT2D eigenvalue weighted by Crippen LogP contribution is 2.38. The lowest BCUT2D eigenvalue weighted by atomic mass is 9.92. The maximum absolute atomic E-state index is 13.5. The molecule has 0 saturated carbocycles. The number of carbonyl (C=O) groups is 2.